The minimum Gasteiger partial charge on any atom is -0.336 e. The average molecular weight is 320 g/mol. The van der Waals surface area contributed by atoms with Gasteiger partial charge in [0.25, 0.3) is 0 Å². The van der Waals surface area contributed by atoms with E-state index < -0.39 is 0 Å². The van der Waals surface area contributed by atoms with Crippen molar-refractivity contribution in [3.05, 3.63) is 11.6 Å². The normalized spacial score (nSPS) is 22.4. The predicted molar refractivity (Wildman–Crippen MR) is 83.8 cm³/mol. The average Bonchev–Trinajstić information content (AvgIpc) is 3.05. The Kier molecular flexibility index (Phi) is 4.61. The van der Waals surface area contributed by atoms with Gasteiger partial charge in [0.2, 0.25) is 5.91 Å². The van der Waals surface area contributed by atoms with Crippen molar-refractivity contribution in [3.8, 4) is 0 Å². The summed E-state index contributed by atoms with van der Waals surface area (Å²) in [5, 5.41) is 7.09. The lowest BCUT2D eigenvalue weighted by atomic mass is 9.98. The number of aryl methyl sites for hydroxylation is 2. The predicted octanol–water partition coefficient (Wildman–Crippen LogP) is 0.159. The number of rotatable bonds is 4. The molecular weight excluding hydrogens is 296 g/mol. The molecule has 1 atom stereocenters. The molecule has 2 fully saturated rings. The second-order valence-corrected chi connectivity index (χ2v) is 6.41. The van der Waals surface area contributed by atoms with Crippen molar-refractivity contribution in [1.29, 1.82) is 0 Å². The SMILES string of the molecule is Cc1nc(C)n(C[C@@H]2CCCN(CC(=O)N3CCNC3=O)C2)n1. The third kappa shape index (κ3) is 3.69. The summed E-state index contributed by atoms with van der Waals surface area (Å²) in [4.78, 5) is 31.6. The van der Waals surface area contributed by atoms with Gasteiger partial charge in [-0.1, -0.05) is 0 Å². The highest BCUT2D eigenvalue weighted by Crippen LogP contribution is 2.19. The van der Waals surface area contributed by atoms with Crippen molar-refractivity contribution in [3.63, 3.8) is 0 Å². The lowest BCUT2D eigenvalue weighted by molar-refractivity contribution is -0.129. The van der Waals surface area contributed by atoms with Crippen LogP contribution in [0.2, 0.25) is 0 Å². The summed E-state index contributed by atoms with van der Waals surface area (Å²) in [7, 11) is 0. The molecule has 0 spiro atoms. The van der Waals surface area contributed by atoms with Crippen molar-refractivity contribution in [1.82, 2.24) is 29.9 Å². The molecule has 2 saturated heterocycles. The molecule has 0 bridgehead atoms. The lowest BCUT2D eigenvalue weighted by Crippen LogP contribution is -2.45. The van der Waals surface area contributed by atoms with E-state index in [0.717, 1.165) is 44.1 Å². The molecule has 0 aliphatic carbocycles. The molecule has 0 aromatic carbocycles. The minimum absolute atomic E-state index is 0.103. The number of carbonyl (C=O) groups excluding carboxylic acids is 2. The van der Waals surface area contributed by atoms with Gasteiger partial charge in [0.15, 0.2) is 0 Å². The maximum absolute atomic E-state index is 12.2. The first-order valence-electron chi connectivity index (χ1n) is 8.21. The van der Waals surface area contributed by atoms with Crippen LogP contribution in [0.15, 0.2) is 0 Å². The van der Waals surface area contributed by atoms with E-state index in [4.69, 9.17) is 0 Å². The Bertz CT molecular complexity index is 599. The van der Waals surface area contributed by atoms with E-state index in [9.17, 15) is 9.59 Å². The van der Waals surface area contributed by atoms with E-state index in [2.05, 4.69) is 20.3 Å². The fourth-order valence-corrected chi connectivity index (χ4v) is 3.41. The molecule has 1 aromatic rings. The second-order valence-electron chi connectivity index (χ2n) is 6.41. The fourth-order valence-electron chi connectivity index (χ4n) is 3.41. The molecule has 0 unspecified atom stereocenters. The van der Waals surface area contributed by atoms with Gasteiger partial charge >= 0.3 is 6.03 Å². The van der Waals surface area contributed by atoms with Crippen molar-refractivity contribution >= 4 is 11.9 Å². The lowest BCUT2D eigenvalue weighted by Gasteiger charge is -2.32. The second kappa shape index (κ2) is 6.66. The molecule has 8 heteroatoms. The van der Waals surface area contributed by atoms with Crippen LogP contribution in [-0.2, 0) is 11.3 Å². The van der Waals surface area contributed by atoms with Crippen molar-refractivity contribution in [2.45, 2.75) is 33.2 Å². The zero-order valence-corrected chi connectivity index (χ0v) is 13.8. The Hall–Kier alpha value is -1.96. The number of piperidine rings is 1. The Labute approximate surface area is 135 Å². The van der Waals surface area contributed by atoms with Gasteiger partial charge < -0.3 is 5.32 Å². The summed E-state index contributed by atoms with van der Waals surface area (Å²) in [6.45, 7) is 7.82. The summed E-state index contributed by atoms with van der Waals surface area (Å²) in [6.07, 6.45) is 2.20. The molecule has 0 saturated carbocycles. The van der Waals surface area contributed by atoms with Gasteiger partial charge in [0.05, 0.1) is 6.54 Å². The van der Waals surface area contributed by atoms with Crippen LogP contribution in [0.25, 0.3) is 0 Å². The molecule has 8 nitrogen and oxygen atoms in total. The van der Waals surface area contributed by atoms with Gasteiger partial charge in [-0.3, -0.25) is 14.6 Å². The van der Waals surface area contributed by atoms with Crippen LogP contribution in [0.5, 0.6) is 0 Å². The third-order valence-electron chi connectivity index (χ3n) is 4.51. The number of urea groups is 1. The largest absolute Gasteiger partial charge is 0.336 e. The summed E-state index contributed by atoms with van der Waals surface area (Å²) >= 11 is 0. The molecule has 3 amide bonds. The van der Waals surface area contributed by atoms with Crippen molar-refractivity contribution in [2.24, 2.45) is 5.92 Å². The van der Waals surface area contributed by atoms with E-state index >= 15 is 0 Å². The summed E-state index contributed by atoms with van der Waals surface area (Å²) in [6, 6.07) is -0.266. The van der Waals surface area contributed by atoms with E-state index in [-0.39, 0.29) is 11.9 Å². The maximum Gasteiger partial charge on any atom is 0.324 e. The summed E-state index contributed by atoms with van der Waals surface area (Å²) in [5.74, 6) is 2.09. The number of imide groups is 1. The highest BCUT2D eigenvalue weighted by Gasteiger charge is 2.29. The standard InChI is InChI=1S/C15H24N6O2/c1-11-17-12(2)21(18-11)9-13-4-3-6-19(8-13)10-14(22)20-7-5-16-15(20)23/h13H,3-10H2,1-2H3,(H,16,23)/t13-/m1/s1. The van der Waals surface area contributed by atoms with Crippen molar-refractivity contribution < 1.29 is 9.59 Å². The van der Waals surface area contributed by atoms with Crippen LogP contribution in [0, 0.1) is 19.8 Å². The van der Waals surface area contributed by atoms with Gasteiger partial charge in [-0.05, 0) is 39.2 Å². The maximum atomic E-state index is 12.2. The molecule has 1 aromatic heterocycles. The van der Waals surface area contributed by atoms with E-state index in [1.165, 1.54) is 4.90 Å². The number of nitrogens with zero attached hydrogens (tertiary/aromatic N) is 5. The number of amides is 3. The molecule has 23 heavy (non-hydrogen) atoms. The molecule has 2 aliphatic rings. The third-order valence-corrected chi connectivity index (χ3v) is 4.51. The number of nitrogens with one attached hydrogen (secondary N) is 1. The molecule has 3 rings (SSSR count). The first kappa shape index (κ1) is 15.9. The monoisotopic (exact) mass is 320 g/mol. The molecule has 1 N–H and O–H groups in total. The van der Waals surface area contributed by atoms with Crippen molar-refractivity contribution in [2.75, 3.05) is 32.7 Å². The smallest absolute Gasteiger partial charge is 0.324 e. The molecule has 2 aliphatic heterocycles. The van der Waals surface area contributed by atoms with Gasteiger partial charge in [0, 0.05) is 26.2 Å². The zero-order chi connectivity index (χ0) is 16.4. The van der Waals surface area contributed by atoms with Gasteiger partial charge in [-0.25, -0.2) is 14.5 Å². The molecular formula is C15H24N6O2. The van der Waals surface area contributed by atoms with E-state index in [1.807, 2.05) is 18.5 Å². The molecule has 126 valence electrons. The van der Waals surface area contributed by atoms with Crippen LogP contribution >= 0.6 is 0 Å². The van der Waals surface area contributed by atoms with Gasteiger partial charge in [0.1, 0.15) is 11.6 Å². The van der Waals surface area contributed by atoms with Crippen LogP contribution in [0.3, 0.4) is 0 Å². The quantitative estimate of drug-likeness (QED) is 0.854. The van der Waals surface area contributed by atoms with Gasteiger partial charge in [-0.2, -0.15) is 5.10 Å². The van der Waals surface area contributed by atoms with E-state index in [1.54, 1.807) is 0 Å². The first-order chi connectivity index (χ1) is 11.0. The first-order valence-corrected chi connectivity index (χ1v) is 8.21. The fraction of sp³-hybridized carbons (Fsp3) is 0.733. The van der Waals surface area contributed by atoms with E-state index in [0.29, 0.717) is 25.6 Å². The Morgan fingerprint density at radius 2 is 2.17 bits per heavy atom. The summed E-state index contributed by atoms with van der Waals surface area (Å²) < 4.78 is 1.96. The topological polar surface area (TPSA) is 83.4 Å². The Morgan fingerprint density at radius 3 is 2.83 bits per heavy atom. The minimum atomic E-state index is -0.266. The van der Waals surface area contributed by atoms with Gasteiger partial charge in [-0.15, -0.1) is 0 Å². The highest BCUT2D eigenvalue weighted by atomic mass is 16.2. The zero-order valence-electron chi connectivity index (χ0n) is 13.8. The number of aromatic nitrogens is 3. The molecule has 0 radical (unpaired) electrons. The highest BCUT2D eigenvalue weighted by molar-refractivity contribution is 5.96. The van der Waals surface area contributed by atoms with Crippen LogP contribution in [0.1, 0.15) is 24.5 Å². The number of carbonyl (C=O) groups is 2. The summed E-state index contributed by atoms with van der Waals surface area (Å²) in [5.41, 5.74) is 0. The van der Waals surface area contributed by atoms with Crippen LogP contribution in [0.4, 0.5) is 4.79 Å². The Morgan fingerprint density at radius 1 is 1.35 bits per heavy atom. The number of hydrogen-bond donors (Lipinski definition) is 1. The van der Waals surface area contributed by atoms with Crippen LogP contribution < -0.4 is 5.32 Å². The number of hydrogen-bond acceptors (Lipinski definition) is 5. The Balaban J connectivity index is 1.54. The molecule has 3 heterocycles. The number of likely N-dealkylation sites (tertiary alicyclic amines) is 1. The van der Waals surface area contributed by atoms with Crippen LogP contribution in [-0.4, -0.2) is 69.2 Å².